The second-order valence-electron chi connectivity index (χ2n) is 6.13. The molecular formula is C16H21NO3. The summed E-state index contributed by atoms with van der Waals surface area (Å²) in [7, 11) is 0. The molecule has 4 nitrogen and oxygen atoms in total. The zero-order valence-corrected chi connectivity index (χ0v) is 12.0. The van der Waals surface area contributed by atoms with E-state index in [1.807, 2.05) is 44.2 Å². The maximum Gasteiger partial charge on any atom is 0.323 e. The molecule has 1 aromatic carbocycles. The van der Waals surface area contributed by atoms with Gasteiger partial charge in [-0.05, 0) is 23.8 Å². The number of nitrogens with zero attached hydrogens (tertiary/aromatic N) is 1. The van der Waals surface area contributed by atoms with Gasteiger partial charge in [-0.3, -0.25) is 9.59 Å². The van der Waals surface area contributed by atoms with Crippen LogP contribution in [-0.2, 0) is 16.0 Å². The third-order valence-corrected chi connectivity index (χ3v) is 3.96. The summed E-state index contributed by atoms with van der Waals surface area (Å²) in [4.78, 5) is 24.8. The fraction of sp³-hybridized carbons (Fsp3) is 0.500. The third-order valence-electron chi connectivity index (χ3n) is 3.96. The van der Waals surface area contributed by atoms with Crippen LogP contribution in [0.1, 0.15) is 25.8 Å². The number of carboxylic acids is 1. The lowest BCUT2D eigenvalue weighted by Crippen LogP contribution is -2.38. The van der Waals surface area contributed by atoms with Crippen LogP contribution in [0.2, 0.25) is 0 Å². The molecule has 1 saturated carbocycles. The Labute approximate surface area is 119 Å². The Morgan fingerprint density at radius 1 is 1.30 bits per heavy atom. The Morgan fingerprint density at radius 2 is 1.90 bits per heavy atom. The lowest BCUT2D eigenvalue weighted by Gasteiger charge is -2.21. The van der Waals surface area contributed by atoms with Gasteiger partial charge < -0.3 is 10.0 Å². The number of carbonyl (C=O) groups is 2. The Kier molecular flexibility index (Phi) is 4.12. The number of hydrogen-bond donors (Lipinski definition) is 1. The monoisotopic (exact) mass is 275 g/mol. The number of rotatable bonds is 6. The summed E-state index contributed by atoms with van der Waals surface area (Å²) in [5, 5.41) is 8.97. The van der Waals surface area contributed by atoms with Crippen molar-refractivity contribution in [1.29, 1.82) is 0 Å². The maximum absolute atomic E-state index is 12.3. The molecule has 0 bridgehead atoms. The van der Waals surface area contributed by atoms with Gasteiger partial charge in [0.25, 0.3) is 0 Å². The SMILES string of the molecule is CC1(C)C[C@@H]1C(=O)N(CCc1ccccc1)CC(=O)O. The van der Waals surface area contributed by atoms with Gasteiger partial charge in [-0.25, -0.2) is 0 Å². The fourth-order valence-electron chi connectivity index (χ4n) is 2.45. The van der Waals surface area contributed by atoms with E-state index >= 15 is 0 Å². The van der Waals surface area contributed by atoms with Crippen molar-refractivity contribution >= 4 is 11.9 Å². The van der Waals surface area contributed by atoms with Crippen LogP contribution >= 0.6 is 0 Å². The molecule has 4 heteroatoms. The molecule has 1 N–H and O–H groups in total. The van der Waals surface area contributed by atoms with Gasteiger partial charge in [0.05, 0.1) is 0 Å². The average molecular weight is 275 g/mol. The first-order valence-electron chi connectivity index (χ1n) is 6.94. The molecular weight excluding hydrogens is 254 g/mol. The minimum Gasteiger partial charge on any atom is -0.480 e. The van der Waals surface area contributed by atoms with Crippen LogP contribution in [0.4, 0.5) is 0 Å². The molecule has 2 rings (SSSR count). The van der Waals surface area contributed by atoms with Crippen LogP contribution in [0.3, 0.4) is 0 Å². The van der Waals surface area contributed by atoms with Crippen molar-refractivity contribution in [2.45, 2.75) is 26.7 Å². The molecule has 20 heavy (non-hydrogen) atoms. The van der Waals surface area contributed by atoms with Gasteiger partial charge in [0.1, 0.15) is 6.54 Å². The van der Waals surface area contributed by atoms with E-state index in [-0.39, 0.29) is 23.8 Å². The molecule has 0 aromatic heterocycles. The van der Waals surface area contributed by atoms with E-state index < -0.39 is 5.97 Å². The Bertz CT molecular complexity index is 496. The minimum atomic E-state index is -0.954. The third kappa shape index (κ3) is 3.59. The molecule has 0 aliphatic heterocycles. The van der Waals surface area contributed by atoms with Crippen LogP contribution in [0.15, 0.2) is 30.3 Å². The molecule has 1 aliphatic carbocycles. The number of hydrogen-bond acceptors (Lipinski definition) is 2. The van der Waals surface area contributed by atoms with Crippen molar-refractivity contribution in [3.63, 3.8) is 0 Å². The first-order valence-corrected chi connectivity index (χ1v) is 6.94. The highest BCUT2D eigenvalue weighted by molar-refractivity contribution is 5.85. The summed E-state index contributed by atoms with van der Waals surface area (Å²) in [5.74, 6) is -0.990. The molecule has 1 aromatic rings. The van der Waals surface area contributed by atoms with Crippen molar-refractivity contribution in [2.24, 2.45) is 11.3 Å². The van der Waals surface area contributed by atoms with Crippen molar-refractivity contribution in [2.75, 3.05) is 13.1 Å². The summed E-state index contributed by atoms with van der Waals surface area (Å²) in [6.45, 7) is 4.34. The summed E-state index contributed by atoms with van der Waals surface area (Å²) in [6, 6.07) is 9.82. The van der Waals surface area contributed by atoms with Crippen LogP contribution in [0.25, 0.3) is 0 Å². The number of carboxylic acid groups (broad SMARTS) is 1. The van der Waals surface area contributed by atoms with Crippen LogP contribution < -0.4 is 0 Å². The Hall–Kier alpha value is -1.84. The fourth-order valence-corrected chi connectivity index (χ4v) is 2.45. The Balaban J connectivity index is 1.97. The molecule has 0 radical (unpaired) electrons. The number of carbonyl (C=O) groups excluding carboxylic acids is 1. The molecule has 0 unspecified atom stereocenters. The number of aliphatic carboxylic acids is 1. The minimum absolute atomic E-state index is 0.0161. The molecule has 0 heterocycles. The van der Waals surface area contributed by atoms with Crippen molar-refractivity contribution in [3.05, 3.63) is 35.9 Å². The van der Waals surface area contributed by atoms with Gasteiger partial charge in [0.2, 0.25) is 5.91 Å². The zero-order valence-electron chi connectivity index (χ0n) is 12.0. The van der Waals surface area contributed by atoms with E-state index in [2.05, 4.69) is 0 Å². The topological polar surface area (TPSA) is 57.6 Å². The number of amides is 1. The summed E-state index contributed by atoms with van der Waals surface area (Å²) in [5.41, 5.74) is 1.14. The van der Waals surface area contributed by atoms with Gasteiger partial charge in [-0.2, -0.15) is 0 Å². The molecule has 1 fully saturated rings. The predicted molar refractivity (Wildman–Crippen MR) is 76.2 cm³/mol. The lowest BCUT2D eigenvalue weighted by molar-refractivity contribution is -0.145. The highest BCUT2D eigenvalue weighted by atomic mass is 16.4. The van der Waals surface area contributed by atoms with Crippen molar-refractivity contribution in [1.82, 2.24) is 4.90 Å². The van der Waals surface area contributed by atoms with E-state index in [1.165, 1.54) is 4.90 Å². The largest absolute Gasteiger partial charge is 0.480 e. The van der Waals surface area contributed by atoms with E-state index in [0.717, 1.165) is 12.0 Å². The van der Waals surface area contributed by atoms with E-state index in [9.17, 15) is 9.59 Å². The Morgan fingerprint density at radius 3 is 2.40 bits per heavy atom. The van der Waals surface area contributed by atoms with Crippen LogP contribution in [0.5, 0.6) is 0 Å². The molecule has 1 atom stereocenters. The van der Waals surface area contributed by atoms with Crippen LogP contribution in [-0.4, -0.2) is 35.0 Å². The predicted octanol–water partition coefficient (Wildman–Crippen LogP) is 2.19. The second-order valence-corrected chi connectivity index (χ2v) is 6.13. The number of benzene rings is 1. The first-order chi connectivity index (χ1) is 9.40. The second kappa shape index (κ2) is 5.65. The quantitative estimate of drug-likeness (QED) is 0.865. The smallest absolute Gasteiger partial charge is 0.323 e. The van der Waals surface area contributed by atoms with Gasteiger partial charge in [-0.1, -0.05) is 44.2 Å². The highest BCUT2D eigenvalue weighted by Crippen LogP contribution is 2.52. The van der Waals surface area contributed by atoms with Crippen LogP contribution in [0, 0.1) is 11.3 Å². The van der Waals surface area contributed by atoms with Gasteiger partial charge in [-0.15, -0.1) is 0 Å². The molecule has 108 valence electrons. The first kappa shape index (κ1) is 14.6. The van der Waals surface area contributed by atoms with E-state index in [1.54, 1.807) is 0 Å². The molecule has 0 spiro atoms. The molecule has 1 amide bonds. The zero-order chi connectivity index (χ0) is 14.8. The summed E-state index contributed by atoms with van der Waals surface area (Å²) < 4.78 is 0. The van der Waals surface area contributed by atoms with E-state index in [4.69, 9.17) is 5.11 Å². The van der Waals surface area contributed by atoms with Crippen molar-refractivity contribution < 1.29 is 14.7 Å². The molecule has 1 aliphatic rings. The summed E-state index contributed by atoms with van der Waals surface area (Å²) >= 11 is 0. The maximum atomic E-state index is 12.3. The van der Waals surface area contributed by atoms with Crippen molar-refractivity contribution in [3.8, 4) is 0 Å². The summed E-state index contributed by atoms with van der Waals surface area (Å²) in [6.07, 6.45) is 1.54. The highest BCUT2D eigenvalue weighted by Gasteiger charge is 2.52. The van der Waals surface area contributed by atoms with Gasteiger partial charge >= 0.3 is 5.97 Å². The van der Waals surface area contributed by atoms with Gasteiger partial charge in [0.15, 0.2) is 0 Å². The standard InChI is InChI=1S/C16H21NO3/c1-16(2)10-13(16)15(20)17(11-14(18)19)9-8-12-6-4-3-5-7-12/h3-7,13H,8-11H2,1-2H3,(H,18,19)/t13-/m1/s1. The lowest BCUT2D eigenvalue weighted by atomic mass is 10.1. The average Bonchev–Trinajstić information content (AvgIpc) is 3.03. The normalized spacial score (nSPS) is 19.4. The van der Waals surface area contributed by atoms with E-state index in [0.29, 0.717) is 13.0 Å². The van der Waals surface area contributed by atoms with Gasteiger partial charge in [0, 0.05) is 12.5 Å². The molecule has 0 saturated heterocycles.